The van der Waals surface area contributed by atoms with E-state index in [9.17, 15) is 9.59 Å². The van der Waals surface area contributed by atoms with E-state index in [1.807, 2.05) is 30.3 Å². The van der Waals surface area contributed by atoms with Gasteiger partial charge < -0.3 is 18.3 Å². The van der Waals surface area contributed by atoms with Gasteiger partial charge in [0.2, 0.25) is 0 Å². The summed E-state index contributed by atoms with van der Waals surface area (Å²) in [6.07, 6.45) is 0. The summed E-state index contributed by atoms with van der Waals surface area (Å²) in [6, 6.07) is 17.6. The van der Waals surface area contributed by atoms with E-state index in [2.05, 4.69) is 15.5 Å². The molecule has 0 radical (unpaired) electrons. The van der Waals surface area contributed by atoms with Crippen molar-refractivity contribution >= 4 is 33.7 Å². The van der Waals surface area contributed by atoms with Crippen LogP contribution in [-0.2, 0) is 0 Å². The first-order chi connectivity index (χ1) is 16.1. The summed E-state index contributed by atoms with van der Waals surface area (Å²) in [5.74, 6) is 0.453. The maximum absolute atomic E-state index is 12.8. The Labute approximate surface area is 186 Å². The summed E-state index contributed by atoms with van der Waals surface area (Å²) in [7, 11) is 3.04. The van der Waals surface area contributed by atoms with Gasteiger partial charge in [-0.3, -0.25) is 10.1 Å². The molecule has 0 aliphatic rings. The lowest BCUT2D eigenvalue weighted by Crippen LogP contribution is -2.20. The van der Waals surface area contributed by atoms with Crippen molar-refractivity contribution in [3.05, 3.63) is 76.6 Å². The molecule has 0 saturated carbocycles. The third-order valence-electron chi connectivity index (χ3n) is 5.17. The number of benzene rings is 3. The normalized spacial score (nSPS) is 11.0. The zero-order valence-corrected chi connectivity index (χ0v) is 17.6. The predicted molar refractivity (Wildman–Crippen MR) is 121 cm³/mol. The fraction of sp³-hybridized carbons (Fsp3) is 0.0833. The van der Waals surface area contributed by atoms with Gasteiger partial charge in [0.1, 0.15) is 22.6 Å². The van der Waals surface area contributed by atoms with Crippen LogP contribution >= 0.6 is 0 Å². The number of rotatable bonds is 5. The van der Waals surface area contributed by atoms with E-state index in [4.69, 9.17) is 18.3 Å². The fourth-order valence-electron chi connectivity index (χ4n) is 3.55. The number of hydrogen-bond donors (Lipinski definition) is 1. The average Bonchev–Trinajstić information content (AvgIpc) is 3.31. The zero-order chi connectivity index (χ0) is 22.9. The molecule has 0 aliphatic carbocycles. The van der Waals surface area contributed by atoms with Crippen molar-refractivity contribution in [2.24, 2.45) is 0 Å². The van der Waals surface area contributed by atoms with E-state index >= 15 is 0 Å². The number of amides is 1. The topological polar surface area (TPSA) is 117 Å². The Morgan fingerprint density at radius 3 is 2.58 bits per heavy atom. The van der Waals surface area contributed by atoms with E-state index in [1.165, 1.54) is 13.2 Å². The van der Waals surface area contributed by atoms with Gasteiger partial charge in [0, 0.05) is 11.5 Å². The second-order valence-electron chi connectivity index (χ2n) is 7.08. The first kappa shape index (κ1) is 20.3. The molecule has 1 amide bonds. The number of nitrogens with zero attached hydrogens (tertiary/aromatic N) is 2. The number of carbonyl (C=O) groups excluding carboxylic acids is 1. The molecule has 0 aliphatic heterocycles. The number of carbonyl (C=O) groups is 1. The standard InChI is InChI=1S/C24H17N3O6/c1-30-14-8-9-16(20(11-14)31-2)22-26-27-24(33-22)25-21(28)18-12-17-15-6-4-3-5-13(15)7-10-19(17)32-23(18)29/h3-12H,1-2H3,(H,25,27,28). The molecule has 9 nitrogen and oxygen atoms in total. The lowest BCUT2D eigenvalue weighted by Gasteiger charge is -2.07. The third-order valence-corrected chi connectivity index (χ3v) is 5.17. The van der Waals surface area contributed by atoms with Gasteiger partial charge >= 0.3 is 11.6 Å². The number of fused-ring (bicyclic) bond motifs is 3. The SMILES string of the molecule is COc1ccc(-c2nnc(NC(=O)c3cc4c(ccc5ccccc54)oc3=O)o2)c(OC)c1. The number of anilines is 1. The van der Waals surface area contributed by atoms with Gasteiger partial charge in [-0.25, -0.2) is 4.79 Å². The largest absolute Gasteiger partial charge is 0.497 e. The van der Waals surface area contributed by atoms with E-state index in [-0.39, 0.29) is 17.5 Å². The molecule has 1 N–H and O–H groups in total. The summed E-state index contributed by atoms with van der Waals surface area (Å²) < 4.78 is 21.5. The molecule has 5 rings (SSSR count). The van der Waals surface area contributed by atoms with Crippen LogP contribution in [0.15, 0.2) is 74.3 Å². The van der Waals surface area contributed by atoms with Gasteiger partial charge in [0.15, 0.2) is 0 Å². The summed E-state index contributed by atoms with van der Waals surface area (Å²) in [6.45, 7) is 0. The number of hydrogen-bond acceptors (Lipinski definition) is 8. The molecule has 0 unspecified atom stereocenters. The molecule has 2 aromatic heterocycles. The minimum absolute atomic E-state index is 0.126. The Hall–Kier alpha value is -4.66. The molecule has 9 heteroatoms. The molecule has 5 aromatic rings. The van der Waals surface area contributed by atoms with Crippen LogP contribution in [0, 0.1) is 0 Å². The number of aromatic nitrogens is 2. The van der Waals surface area contributed by atoms with Crippen molar-refractivity contribution in [1.82, 2.24) is 10.2 Å². The third kappa shape index (κ3) is 3.65. The summed E-state index contributed by atoms with van der Waals surface area (Å²) in [4.78, 5) is 25.3. The first-order valence-corrected chi connectivity index (χ1v) is 9.90. The van der Waals surface area contributed by atoms with Crippen LogP contribution < -0.4 is 20.4 Å². The van der Waals surface area contributed by atoms with Crippen LogP contribution in [0.5, 0.6) is 11.5 Å². The van der Waals surface area contributed by atoms with Gasteiger partial charge in [0.05, 0.1) is 19.8 Å². The molecule has 3 aromatic carbocycles. The highest BCUT2D eigenvalue weighted by Gasteiger charge is 2.19. The van der Waals surface area contributed by atoms with Gasteiger partial charge in [-0.05, 0) is 35.0 Å². The first-order valence-electron chi connectivity index (χ1n) is 9.90. The molecule has 0 bridgehead atoms. The number of nitrogens with one attached hydrogen (secondary N) is 1. The van der Waals surface area contributed by atoms with Crippen molar-refractivity contribution in [2.75, 3.05) is 19.5 Å². The Morgan fingerprint density at radius 2 is 1.76 bits per heavy atom. The molecule has 2 heterocycles. The summed E-state index contributed by atoms with van der Waals surface area (Å²) >= 11 is 0. The summed E-state index contributed by atoms with van der Waals surface area (Å²) in [5, 5.41) is 12.7. The van der Waals surface area contributed by atoms with Gasteiger partial charge in [0.25, 0.3) is 11.8 Å². The number of ether oxygens (including phenoxy) is 2. The van der Waals surface area contributed by atoms with Gasteiger partial charge in [-0.15, -0.1) is 5.10 Å². The molecular weight excluding hydrogens is 426 g/mol. The Kier molecular flexibility index (Phi) is 4.98. The molecular formula is C24H17N3O6. The smallest absolute Gasteiger partial charge is 0.349 e. The van der Waals surface area contributed by atoms with E-state index < -0.39 is 11.5 Å². The molecule has 0 fully saturated rings. The van der Waals surface area contributed by atoms with Crippen molar-refractivity contribution in [3.8, 4) is 23.0 Å². The maximum atomic E-state index is 12.8. The van der Waals surface area contributed by atoms with Crippen LogP contribution in [0.2, 0.25) is 0 Å². The van der Waals surface area contributed by atoms with Gasteiger partial charge in [-0.1, -0.05) is 35.4 Å². The molecule has 33 heavy (non-hydrogen) atoms. The van der Waals surface area contributed by atoms with Crippen molar-refractivity contribution < 1.29 is 23.1 Å². The quantitative estimate of drug-likeness (QED) is 0.316. The Bertz CT molecular complexity index is 1570. The highest BCUT2D eigenvalue weighted by atomic mass is 16.5. The minimum atomic E-state index is -0.771. The molecule has 0 atom stereocenters. The molecule has 0 saturated heterocycles. The number of methoxy groups -OCH3 is 2. The summed E-state index contributed by atoms with van der Waals surface area (Å²) in [5.41, 5.74) is -0.0441. The average molecular weight is 443 g/mol. The van der Waals surface area contributed by atoms with Crippen molar-refractivity contribution in [3.63, 3.8) is 0 Å². The van der Waals surface area contributed by atoms with Gasteiger partial charge in [-0.2, -0.15) is 0 Å². The lowest BCUT2D eigenvalue weighted by atomic mass is 10.0. The van der Waals surface area contributed by atoms with Crippen molar-refractivity contribution in [2.45, 2.75) is 0 Å². The maximum Gasteiger partial charge on any atom is 0.349 e. The second-order valence-corrected chi connectivity index (χ2v) is 7.08. The van der Waals surface area contributed by atoms with Crippen LogP contribution in [-0.4, -0.2) is 30.3 Å². The van der Waals surface area contributed by atoms with E-state index in [0.29, 0.717) is 28.0 Å². The Morgan fingerprint density at radius 1 is 0.909 bits per heavy atom. The fourth-order valence-corrected chi connectivity index (χ4v) is 3.55. The van der Waals surface area contributed by atoms with Crippen LogP contribution in [0.4, 0.5) is 6.01 Å². The molecule has 164 valence electrons. The Balaban J connectivity index is 1.47. The van der Waals surface area contributed by atoms with Crippen LogP contribution in [0.25, 0.3) is 33.2 Å². The van der Waals surface area contributed by atoms with Crippen LogP contribution in [0.1, 0.15) is 10.4 Å². The molecule has 0 spiro atoms. The minimum Gasteiger partial charge on any atom is -0.497 e. The van der Waals surface area contributed by atoms with E-state index in [1.54, 1.807) is 31.4 Å². The van der Waals surface area contributed by atoms with Crippen LogP contribution in [0.3, 0.4) is 0 Å². The highest BCUT2D eigenvalue weighted by molar-refractivity contribution is 6.10. The second kappa shape index (κ2) is 8.12. The highest BCUT2D eigenvalue weighted by Crippen LogP contribution is 2.33. The lowest BCUT2D eigenvalue weighted by molar-refractivity contribution is 0.102. The van der Waals surface area contributed by atoms with Crippen molar-refractivity contribution in [1.29, 1.82) is 0 Å². The predicted octanol–water partition coefficient (Wildman–Crippen LogP) is 4.27. The zero-order valence-electron chi connectivity index (χ0n) is 17.6. The van der Waals surface area contributed by atoms with E-state index in [0.717, 1.165) is 10.8 Å². The monoisotopic (exact) mass is 443 g/mol.